The molecule has 1 rings (SSSR count). The molecule has 0 bridgehead atoms. The molecule has 0 spiro atoms. The first kappa shape index (κ1) is 28.6. The molecule has 0 aliphatic heterocycles. The molecule has 2 unspecified atom stereocenters. The maximum absolute atomic E-state index is 13.7. The third kappa shape index (κ3) is 8.76. The number of nitrogens with zero attached hydrogens (tertiary/aromatic N) is 1. The van der Waals surface area contributed by atoms with E-state index in [9.17, 15) is 14.4 Å². The Labute approximate surface area is 203 Å². The fourth-order valence-corrected chi connectivity index (χ4v) is 3.67. The predicted molar refractivity (Wildman–Crippen MR) is 135 cm³/mol. The predicted octanol–water partition coefficient (Wildman–Crippen LogP) is 4.10. The number of hydrogen-bond acceptors (Lipinski definition) is 5. The fraction of sp³-hybridized carbons (Fsp3) is 0.560. The van der Waals surface area contributed by atoms with Crippen molar-refractivity contribution in [2.75, 3.05) is 12.3 Å². The normalized spacial score (nSPS) is 13.5. The Morgan fingerprint density at radius 1 is 1.12 bits per heavy atom. The van der Waals surface area contributed by atoms with Gasteiger partial charge in [-0.15, -0.1) is 6.58 Å². The summed E-state index contributed by atoms with van der Waals surface area (Å²) in [6, 6.07) is 3.82. The molecule has 0 aromatic heterocycles. The number of carbonyl (C=O) groups is 3. The van der Waals surface area contributed by atoms with Crippen LogP contribution in [0.3, 0.4) is 0 Å². The molecule has 2 atom stereocenters. The van der Waals surface area contributed by atoms with Crippen molar-refractivity contribution in [3.63, 3.8) is 0 Å². The minimum absolute atomic E-state index is 0.0338. The number of hydrogen-bond donors (Lipinski definition) is 3. The zero-order valence-electron chi connectivity index (χ0n) is 21.1. The molecule has 0 aliphatic carbocycles. The Morgan fingerprint density at radius 3 is 2.09 bits per heavy atom. The van der Waals surface area contributed by atoms with Crippen LogP contribution in [-0.4, -0.2) is 52.3 Å². The minimum Gasteiger partial charge on any atom is -0.444 e. The third-order valence-corrected chi connectivity index (χ3v) is 5.02. The highest BCUT2D eigenvalue weighted by molar-refractivity contribution is 7.80. The largest absolute Gasteiger partial charge is 0.444 e. The van der Waals surface area contributed by atoms with Gasteiger partial charge in [0.2, 0.25) is 11.8 Å². The number of thiol groups is 1. The van der Waals surface area contributed by atoms with Crippen LogP contribution in [0.2, 0.25) is 0 Å². The van der Waals surface area contributed by atoms with Gasteiger partial charge in [0.15, 0.2) is 0 Å². The smallest absolute Gasteiger partial charge is 0.408 e. The van der Waals surface area contributed by atoms with Crippen molar-refractivity contribution >= 4 is 30.5 Å². The Kier molecular flexibility index (Phi) is 10.0. The number of ether oxygens (including phenoxy) is 1. The molecule has 0 radical (unpaired) electrons. The quantitative estimate of drug-likeness (QED) is 0.389. The van der Waals surface area contributed by atoms with E-state index in [1.54, 1.807) is 26.8 Å². The molecule has 0 aliphatic rings. The number of alkyl carbamates (subject to hydrolysis) is 1. The summed E-state index contributed by atoms with van der Waals surface area (Å²) in [6.45, 7) is 18.6. The summed E-state index contributed by atoms with van der Waals surface area (Å²) in [4.78, 5) is 41.0. The van der Waals surface area contributed by atoms with E-state index in [0.29, 0.717) is 0 Å². The number of benzene rings is 1. The average Bonchev–Trinajstić information content (AvgIpc) is 2.64. The van der Waals surface area contributed by atoms with Gasteiger partial charge in [-0.1, -0.05) is 24.3 Å². The first-order valence-corrected chi connectivity index (χ1v) is 11.6. The van der Waals surface area contributed by atoms with Crippen LogP contribution in [0.15, 0.2) is 30.9 Å². The van der Waals surface area contributed by atoms with Crippen molar-refractivity contribution in [1.29, 1.82) is 0 Å². The fourth-order valence-electron chi connectivity index (χ4n) is 3.42. The molecule has 1 aromatic rings. The lowest BCUT2D eigenvalue weighted by molar-refractivity contribution is -0.142. The van der Waals surface area contributed by atoms with Gasteiger partial charge in [-0.2, -0.15) is 12.6 Å². The zero-order chi connectivity index (χ0) is 25.6. The second-order valence-electron chi connectivity index (χ2n) is 10.1. The van der Waals surface area contributed by atoms with Crippen LogP contribution >= 0.6 is 12.6 Å². The molecule has 2 N–H and O–H groups in total. The molecule has 33 heavy (non-hydrogen) atoms. The lowest BCUT2D eigenvalue weighted by Crippen LogP contribution is -2.55. The van der Waals surface area contributed by atoms with Gasteiger partial charge >= 0.3 is 6.09 Å². The van der Waals surface area contributed by atoms with Crippen LogP contribution in [0.1, 0.15) is 64.3 Å². The second-order valence-corrected chi connectivity index (χ2v) is 10.5. The summed E-state index contributed by atoms with van der Waals surface area (Å²) >= 11 is 4.28. The van der Waals surface area contributed by atoms with Gasteiger partial charge in [0.1, 0.15) is 17.7 Å². The van der Waals surface area contributed by atoms with E-state index in [1.165, 1.54) is 4.90 Å². The first-order chi connectivity index (χ1) is 15.1. The molecule has 3 amide bonds. The molecule has 1 aromatic carbocycles. The van der Waals surface area contributed by atoms with E-state index in [4.69, 9.17) is 4.74 Å². The van der Waals surface area contributed by atoms with Crippen molar-refractivity contribution in [3.8, 4) is 0 Å². The van der Waals surface area contributed by atoms with Crippen molar-refractivity contribution in [3.05, 3.63) is 47.5 Å². The number of nitrogens with one attached hydrogen (secondary N) is 2. The van der Waals surface area contributed by atoms with Gasteiger partial charge in [0, 0.05) is 17.8 Å². The highest BCUT2D eigenvalue weighted by atomic mass is 32.1. The topological polar surface area (TPSA) is 87.7 Å². The van der Waals surface area contributed by atoms with Gasteiger partial charge in [0.05, 0.1) is 0 Å². The molecule has 8 heteroatoms. The molecule has 0 saturated carbocycles. The van der Waals surface area contributed by atoms with Crippen molar-refractivity contribution in [1.82, 2.24) is 15.5 Å². The summed E-state index contributed by atoms with van der Waals surface area (Å²) < 4.78 is 5.30. The van der Waals surface area contributed by atoms with Crippen molar-refractivity contribution in [2.45, 2.75) is 78.6 Å². The van der Waals surface area contributed by atoms with E-state index < -0.39 is 35.2 Å². The molecule has 0 heterocycles. The lowest BCUT2D eigenvalue weighted by atomic mass is 9.93. The maximum atomic E-state index is 13.7. The van der Waals surface area contributed by atoms with Crippen molar-refractivity contribution < 1.29 is 19.1 Å². The summed E-state index contributed by atoms with van der Waals surface area (Å²) in [7, 11) is 0. The van der Waals surface area contributed by atoms with Crippen LogP contribution in [0.4, 0.5) is 4.79 Å². The minimum atomic E-state index is -0.989. The molecular weight excluding hydrogens is 438 g/mol. The van der Waals surface area contributed by atoms with E-state index >= 15 is 0 Å². The van der Waals surface area contributed by atoms with E-state index in [0.717, 1.165) is 16.7 Å². The van der Waals surface area contributed by atoms with Crippen LogP contribution in [0, 0.1) is 13.8 Å². The van der Waals surface area contributed by atoms with E-state index in [2.05, 4.69) is 29.8 Å². The standard InChI is InChI=1S/C25H39N3O4S/c1-10-14-28(22(30)18(15-33)26-23(31)32-25(7,8)9)20(21(29)27-24(4,5)6)19-16(2)12-11-13-17(19)3/h10-13,18,20,33H,1,14-15H2,2-9H3,(H,26,31)(H,27,29). The van der Waals surface area contributed by atoms with Gasteiger partial charge in [-0.3, -0.25) is 9.59 Å². The number of carbonyl (C=O) groups excluding carboxylic acids is 3. The zero-order valence-corrected chi connectivity index (χ0v) is 22.0. The highest BCUT2D eigenvalue weighted by Gasteiger charge is 2.37. The van der Waals surface area contributed by atoms with E-state index in [1.807, 2.05) is 52.8 Å². The van der Waals surface area contributed by atoms with Gasteiger partial charge in [0.25, 0.3) is 0 Å². The van der Waals surface area contributed by atoms with Crippen LogP contribution < -0.4 is 10.6 Å². The SMILES string of the molecule is C=CCN(C(=O)C(CS)NC(=O)OC(C)(C)C)C(C(=O)NC(C)(C)C)c1c(C)cccc1C. The Bertz CT molecular complexity index is 851. The maximum Gasteiger partial charge on any atom is 0.408 e. The number of aryl methyl sites for hydroxylation is 2. The molecule has 184 valence electrons. The molecule has 7 nitrogen and oxygen atoms in total. The van der Waals surface area contributed by atoms with E-state index in [-0.39, 0.29) is 18.2 Å². The first-order valence-electron chi connectivity index (χ1n) is 11.0. The summed E-state index contributed by atoms with van der Waals surface area (Å²) in [5.41, 5.74) is 1.28. The Morgan fingerprint density at radius 2 is 1.67 bits per heavy atom. The van der Waals surface area contributed by atoms with Gasteiger partial charge in [-0.25, -0.2) is 4.79 Å². The summed E-state index contributed by atoms with van der Waals surface area (Å²) in [5, 5.41) is 5.59. The number of amides is 3. The second kappa shape index (κ2) is 11.6. The number of rotatable bonds is 8. The Balaban J connectivity index is 3.48. The summed E-state index contributed by atoms with van der Waals surface area (Å²) in [6.07, 6.45) is 0.836. The van der Waals surface area contributed by atoms with Crippen molar-refractivity contribution in [2.24, 2.45) is 0 Å². The van der Waals surface area contributed by atoms with Crippen LogP contribution in [-0.2, 0) is 14.3 Å². The summed E-state index contributed by atoms with van der Waals surface area (Å²) in [5.74, 6) is -0.732. The van der Waals surface area contributed by atoms with Crippen LogP contribution in [0.25, 0.3) is 0 Å². The highest BCUT2D eigenvalue weighted by Crippen LogP contribution is 2.29. The Hall–Kier alpha value is -2.48. The average molecular weight is 478 g/mol. The molecule has 0 saturated heterocycles. The molecular formula is C25H39N3O4S. The third-order valence-electron chi connectivity index (χ3n) is 4.65. The monoisotopic (exact) mass is 477 g/mol. The molecule has 0 fully saturated rings. The lowest BCUT2D eigenvalue weighted by Gasteiger charge is -2.36. The van der Waals surface area contributed by atoms with Crippen LogP contribution in [0.5, 0.6) is 0 Å². The van der Waals surface area contributed by atoms with Gasteiger partial charge in [-0.05, 0) is 72.1 Å². The van der Waals surface area contributed by atoms with Gasteiger partial charge < -0.3 is 20.3 Å².